The van der Waals surface area contributed by atoms with E-state index in [-0.39, 0.29) is 18.6 Å². The molecule has 3 aromatic rings. The molecule has 1 saturated heterocycles. The molecule has 0 radical (unpaired) electrons. The van der Waals surface area contributed by atoms with Gasteiger partial charge in [-0.25, -0.2) is 9.67 Å². The van der Waals surface area contributed by atoms with Crippen LogP contribution in [0.5, 0.6) is 11.5 Å². The number of amides is 1. The van der Waals surface area contributed by atoms with Gasteiger partial charge in [0, 0.05) is 43.9 Å². The van der Waals surface area contributed by atoms with Crippen molar-refractivity contribution in [3.63, 3.8) is 0 Å². The van der Waals surface area contributed by atoms with Crippen LogP contribution in [0.15, 0.2) is 49.1 Å². The van der Waals surface area contributed by atoms with Crippen LogP contribution in [0.4, 0.5) is 0 Å². The van der Waals surface area contributed by atoms with Crippen molar-refractivity contribution in [3.8, 4) is 17.2 Å². The number of fused-ring (bicyclic) bond motifs is 1. The monoisotopic (exact) mass is 363 g/mol. The lowest BCUT2D eigenvalue weighted by Gasteiger charge is -2.16. The standard InChI is InChI=1S/C19H17N5O3/c25-18-6-14(10-23(18)9-13-2-1-5-20-8-13)19-21-11-22-24(19)15-3-4-16-17(7-15)27-12-26-16/h1-5,7-8,11,14H,6,9-10,12H2/t14-/m1/s1. The minimum absolute atomic E-state index is 0.0119. The molecule has 1 atom stereocenters. The number of rotatable bonds is 4. The molecular formula is C19H17N5O3. The topological polar surface area (TPSA) is 82.4 Å². The molecule has 2 aliphatic heterocycles. The molecule has 0 unspecified atom stereocenters. The highest BCUT2D eigenvalue weighted by Gasteiger charge is 2.34. The quantitative estimate of drug-likeness (QED) is 0.704. The highest BCUT2D eigenvalue weighted by atomic mass is 16.7. The van der Waals surface area contributed by atoms with Gasteiger partial charge in [0.1, 0.15) is 12.2 Å². The zero-order valence-corrected chi connectivity index (χ0v) is 14.5. The van der Waals surface area contributed by atoms with Crippen LogP contribution in [0.1, 0.15) is 23.7 Å². The number of likely N-dealkylation sites (tertiary alicyclic amines) is 1. The highest BCUT2D eigenvalue weighted by Crippen LogP contribution is 2.35. The first kappa shape index (κ1) is 15.8. The van der Waals surface area contributed by atoms with Gasteiger partial charge in [0.05, 0.1) is 5.69 Å². The lowest BCUT2D eigenvalue weighted by molar-refractivity contribution is -0.128. The summed E-state index contributed by atoms with van der Waals surface area (Å²) in [7, 11) is 0. The Bertz CT molecular complexity index is 988. The SMILES string of the molecule is O=C1C[C@@H](c2ncnn2-c2ccc3c(c2)OCO3)CN1Cc1cccnc1. The predicted octanol–water partition coefficient (Wildman–Crippen LogP) is 1.91. The molecule has 1 fully saturated rings. The van der Waals surface area contributed by atoms with E-state index < -0.39 is 0 Å². The summed E-state index contributed by atoms with van der Waals surface area (Å²) < 4.78 is 12.6. The number of aromatic nitrogens is 4. The van der Waals surface area contributed by atoms with E-state index in [4.69, 9.17) is 9.47 Å². The number of carbonyl (C=O) groups excluding carboxylic acids is 1. The van der Waals surface area contributed by atoms with Crippen LogP contribution in [-0.2, 0) is 11.3 Å². The van der Waals surface area contributed by atoms with Crippen LogP contribution >= 0.6 is 0 Å². The Labute approximate surface area is 155 Å². The summed E-state index contributed by atoms with van der Waals surface area (Å²) in [4.78, 5) is 22.9. The van der Waals surface area contributed by atoms with Gasteiger partial charge in [0.2, 0.25) is 12.7 Å². The molecule has 5 rings (SSSR count). The van der Waals surface area contributed by atoms with Gasteiger partial charge in [-0.2, -0.15) is 5.10 Å². The van der Waals surface area contributed by atoms with Crippen LogP contribution in [-0.4, -0.2) is 43.9 Å². The Balaban J connectivity index is 1.39. The van der Waals surface area contributed by atoms with Crippen molar-refractivity contribution in [2.75, 3.05) is 13.3 Å². The van der Waals surface area contributed by atoms with E-state index in [1.165, 1.54) is 6.33 Å². The van der Waals surface area contributed by atoms with Crippen molar-refractivity contribution in [1.82, 2.24) is 24.6 Å². The van der Waals surface area contributed by atoms with Gasteiger partial charge >= 0.3 is 0 Å². The van der Waals surface area contributed by atoms with Crippen molar-refractivity contribution >= 4 is 5.91 Å². The third-order valence-corrected chi connectivity index (χ3v) is 4.85. The predicted molar refractivity (Wildman–Crippen MR) is 94.5 cm³/mol. The number of benzene rings is 1. The van der Waals surface area contributed by atoms with E-state index in [0.29, 0.717) is 25.3 Å². The van der Waals surface area contributed by atoms with E-state index >= 15 is 0 Å². The Morgan fingerprint density at radius 3 is 3.00 bits per heavy atom. The number of hydrogen-bond acceptors (Lipinski definition) is 6. The Morgan fingerprint density at radius 1 is 1.19 bits per heavy atom. The van der Waals surface area contributed by atoms with Crippen LogP contribution < -0.4 is 9.47 Å². The molecule has 4 heterocycles. The Kier molecular flexibility index (Phi) is 3.74. The molecule has 0 aliphatic carbocycles. The van der Waals surface area contributed by atoms with Crippen molar-refractivity contribution in [3.05, 3.63) is 60.4 Å². The largest absolute Gasteiger partial charge is 0.454 e. The van der Waals surface area contributed by atoms with E-state index in [2.05, 4.69) is 15.1 Å². The zero-order valence-electron chi connectivity index (χ0n) is 14.5. The first-order chi connectivity index (χ1) is 13.3. The Morgan fingerprint density at radius 2 is 2.11 bits per heavy atom. The number of carbonyl (C=O) groups is 1. The highest BCUT2D eigenvalue weighted by molar-refractivity contribution is 5.79. The average Bonchev–Trinajstić information content (AvgIpc) is 3.42. The smallest absolute Gasteiger partial charge is 0.231 e. The van der Waals surface area contributed by atoms with E-state index in [1.807, 2.05) is 35.2 Å². The molecule has 0 saturated carbocycles. The maximum absolute atomic E-state index is 12.5. The fourth-order valence-electron chi connectivity index (χ4n) is 3.55. The number of hydrogen-bond donors (Lipinski definition) is 0. The van der Waals surface area contributed by atoms with Gasteiger partial charge in [0.25, 0.3) is 0 Å². The van der Waals surface area contributed by atoms with Gasteiger partial charge in [-0.15, -0.1) is 0 Å². The minimum Gasteiger partial charge on any atom is -0.454 e. The first-order valence-electron chi connectivity index (χ1n) is 8.74. The van der Waals surface area contributed by atoms with E-state index in [1.54, 1.807) is 17.1 Å². The third-order valence-electron chi connectivity index (χ3n) is 4.85. The average molecular weight is 363 g/mol. The molecule has 0 bridgehead atoms. The summed E-state index contributed by atoms with van der Waals surface area (Å²) in [6.07, 6.45) is 5.46. The Hall–Kier alpha value is -3.42. The van der Waals surface area contributed by atoms with Crippen molar-refractivity contribution in [2.45, 2.75) is 18.9 Å². The molecular weight excluding hydrogens is 346 g/mol. The van der Waals surface area contributed by atoms with Crippen LogP contribution in [0.25, 0.3) is 5.69 Å². The maximum atomic E-state index is 12.5. The number of pyridine rings is 1. The molecule has 0 spiro atoms. The van der Waals surface area contributed by atoms with Gasteiger partial charge in [-0.1, -0.05) is 6.07 Å². The summed E-state index contributed by atoms with van der Waals surface area (Å²) in [5.41, 5.74) is 1.86. The number of nitrogens with zero attached hydrogens (tertiary/aromatic N) is 5. The summed E-state index contributed by atoms with van der Waals surface area (Å²) in [6, 6.07) is 9.50. The summed E-state index contributed by atoms with van der Waals surface area (Å²) in [5.74, 6) is 2.29. The fourth-order valence-corrected chi connectivity index (χ4v) is 3.55. The van der Waals surface area contributed by atoms with Gasteiger partial charge in [-0.3, -0.25) is 9.78 Å². The van der Waals surface area contributed by atoms with E-state index in [9.17, 15) is 4.79 Å². The number of ether oxygens (including phenoxy) is 2. The second kappa shape index (κ2) is 6.39. The maximum Gasteiger partial charge on any atom is 0.231 e. The fraction of sp³-hybridized carbons (Fsp3) is 0.263. The molecule has 2 aromatic heterocycles. The molecule has 0 N–H and O–H groups in total. The minimum atomic E-state index is -0.0119. The normalized spacial score (nSPS) is 18.3. The summed E-state index contributed by atoms with van der Waals surface area (Å²) in [5, 5.41) is 4.36. The van der Waals surface area contributed by atoms with Gasteiger partial charge in [0.15, 0.2) is 11.5 Å². The van der Waals surface area contributed by atoms with E-state index in [0.717, 1.165) is 22.8 Å². The lowest BCUT2D eigenvalue weighted by Crippen LogP contribution is -2.24. The summed E-state index contributed by atoms with van der Waals surface area (Å²) in [6.45, 7) is 1.39. The second-order valence-corrected chi connectivity index (χ2v) is 6.60. The summed E-state index contributed by atoms with van der Waals surface area (Å²) >= 11 is 0. The molecule has 27 heavy (non-hydrogen) atoms. The van der Waals surface area contributed by atoms with Crippen molar-refractivity contribution in [2.24, 2.45) is 0 Å². The van der Waals surface area contributed by atoms with Crippen LogP contribution in [0, 0.1) is 0 Å². The van der Waals surface area contributed by atoms with Gasteiger partial charge < -0.3 is 14.4 Å². The molecule has 136 valence electrons. The third kappa shape index (κ3) is 2.88. The van der Waals surface area contributed by atoms with Gasteiger partial charge in [-0.05, 0) is 23.8 Å². The van der Waals surface area contributed by atoms with Crippen LogP contribution in [0.3, 0.4) is 0 Å². The molecule has 1 amide bonds. The van der Waals surface area contributed by atoms with Crippen molar-refractivity contribution < 1.29 is 14.3 Å². The van der Waals surface area contributed by atoms with Crippen molar-refractivity contribution in [1.29, 1.82) is 0 Å². The second-order valence-electron chi connectivity index (χ2n) is 6.60. The zero-order chi connectivity index (χ0) is 18.2. The molecule has 2 aliphatic rings. The molecule has 8 nitrogen and oxygen atoms in total. The molecule has 8 heteroatoms. The first-order valence-corrected chi connectivity index (χ1v) is 8.74. The lowest BCUT2D eigenvalue weighted by atomic mass is 10.1. The van der Waals surface area contributed by atoms with Crippen LogP contribution in [0.2, 0.25) is 0 Å². The molecule has 1 aromatic carbocycles.